The summed E-state index contributed by atoms with van der Waals surface area (Å²) in [5, 5.41) is 6.74. The molecule has 0 aliphatic carbocycles. The van der Waals surface area contributed by atoms with Crippen molar-refractivity contribution in [3.8, 4) is 0 Å². The van der Waals surface area contributed by atoms with Crippen molar-refractivity contribution in [2.24, 2.45) is 9.98 Å². The molecule has 6 nitrogen and oxygen atoms in total. The molecular formula is C34H38N4O2. The van der Waals surface area contributed by atoms with Crippen LogP contribution >= 0.6 is 0 Å². The third-order valence-corrected chi connectivity index (χ3v) is 6.05. The van der Waals surface area contributed by atoms with E-state index in [2.05, 4.69) is 20.6 Å². The zero-order valence-electron chi connectivity index (χ0n) is 22.9. The molecule has 0 amide bonds. The van der Waals surface area contributed by atoms with Gasteiger partial charge in [-0.3, -0.25) is 9.98 Å². The zero-order valence-corrected chi connectivity index (χ0v) is 22.9. The molecule has 2 N–H and O–H groups in total. The average Bonchev–Trinajstić information content (AvgIpc) is 3.00. The summed E-state index contributed by atoms with van der Waals surface area (Å²) in [6, 6.07) is 36.3. The van der Waals surface area contributed by atoms with E-state index in [0.717, 1.165) is 73.0 Å². The number of anilines is 4. The first-order valence-corrected chi connectivity index (χ1v) is 13.9. The van der Waals surface area contributed by atoms with E-state index in [9.17, 15) is 0 Å². The molecule has 0 aromatic heterocycles. The van der Waals surface area contributed by atoms with Gasteiger partial charge in [-0.25, -0.2) is 0 Å². The number of benzene rings is 4. The summed E-state index contributed by atoms with van der Waals surface area (Å²) in [6.45, 7) is 2.55. The monoisotopic (exact) mass is 534 g/mol. The van der Waals surface area contributed by atoms with Gasteiger partial charge in [0.15, 0.2) is 0 Å². The molecule has 0 heterocycles. The SMILES string of the molecule is C(COCCCCCCOCC=Nc1ccc(Nc2ccccc2)cc1)=Nc1ccc(Nc2ccccc2)cc1. The maximum Gasteiger partial charge on any atom is 0.0818 e. The topological polar surface area (TPSA) is 67.2 Å². The Kier molecular flexibility index (Phi) is 12.5. The summed E-state index contributed by atoms with van der Waals surface area (Å²) in [4.78, 5) is 8.94. The van der Waals surface area contributed by atoms with Gasteiger partial charge < -0.3 is 20.1 Å². The molecule has 0 saturated heterocycles. The van der Waals surface area contributed by atoms with Crippen LogP contribution in [0.25, 0.3) is 0 Å². The maximum absolute atomic E-state index is 5.68. The molecule has 4 rings (SSSR count). The molecule has 0 unspecified atom stereocenters. The Hall–Kier alpha value is -4.26. The number of aliphatic imine (C=N–C) groups is 2. The Balaban J connectivity index is 0.964. The lowest BCUT2D eigenvalue weighted by Gasteiger charge is -2.06. The number of ether oxygens (including phenoxy) is 2. The summed E-state index contributed by atoms with van der Waals surface area (Å²) >= 11 is 0. The third-order valence-electron chi connectivity index (χ3n) is 6.05. The predicted molar refractivity (Wildman–Crippen MR) is 169 cm³/mol. The van der Waals surface area contributed by atoms with E-state index in [-0.39, 0.29) is 0 Å². The van der Waals surface area contributed by atoms with Gasteiger partial charge in [0.1, 0.15) is 0 Å². The van der Waals surface area contributed by atoms with Crippen LogP contribution in [0.15, 0.2) is 119 Å². The second kappa shape index (κ2) is 17.4. The summed E-state index contributed by atoms with van der Waals surface area (Å²) < 4.78 is 11.4. The molecule has 0 aliphatic heterocycles. The van der Waals surface area contributed by atoms with E-state index in [0.29, 0.717) is 13.2 Å². The predicted octanol–water partition coefficient (Wildman–Crippen LogP) is 8.87. The van der Waals surface area contributed by atoms with Crippen molar-refractivity contribution < 1.29 is 9.47 Å². The van der Waals surface area contributed by atoms with Crippen molar-refractivity contribution in [1.29, 1.82) is 0 Å². The van der Waals surface area contributed by atoms with Crippen molar-refractivity contribution in [3.63, 3.8) is 0 Å². The molecule has 6 heteroatoms. The van der Waals surface area contributed by atoms with E-state index < -0.39 is 0 Å². The highest BCUT2D eigenvalue weighted by atomic mass is 16.5. The minimum absolute atomic E-state index is 0.527. The molecule has 4 aromatic rings. The van der Waals surface area contributed by atoms with Crippen LogP contribution in [-0.2, 0) is 9.47 Å². The van der Waals surface area contributed by atoms with Crippen molar-refractivity contribution in [2.45, 2.75) is 25.7 Å². The first-order valence-electron chi connectivity index (χ1n) is 13.9. The lowest BCUT2D eigenvalue weighted by molar-refractivity contribution is 0.158. The van der Waals surface area contributed by atoms with Crippen LogP contribution in [0.2, 0.25) is 0 Å². The fourth-order valence-electron chi connectivity index (χ4n) is 3.96. The van der Waals surface area contributed by atoms with Crippen molar-refractivity contribution in [1.82, 2.24) is 0 Å². The number of nitrogens with one attached hydrogen (secondary N) is 2. The quantitative estimate of drug-likeness (QED) is 0.105. The van der Waals surface area contributed by atoms with Gasteiger partial charge in [0, 0.05) is 48.4 Å². The van der Waals surface area contributed by atoms with Crippen molar-refractivity contribution >= 4 is 46.6 Å². The van der Waals surface area contributed by atoms with Gasteiger partial charge in [0.2, 0.25) is 0 Å². The second-order valence-corrected chi connectivity index (χ2v) is 9.26. The van der Waals surface area contributed by atoms with Gasteiger partial charge in [-0.15, -0.1) is 0 Å². The Morgan fingerprint density at radius 3 is 1.23 bits per heavy atom. The molecule has 4 aromatic carbocycles. The van der Waals surface area contributed by atoms with Crippen LogP contribution < -0.4 is 10.6 Å². The van der Waals surface area contributed by atoms with Crippen LogP contribution in [0.5, 0.6) is 0 Å². The van der Waals surface area contributed by atoms with E-state index in [4.69, 9.17) is 9.47 Å². The van der Waals surface area contributed by atoms with Crippen molar-refractivity contribution in [2.75, 3.05) is 37.1 Å². The molecule has 0 bridgehead atoms. The van der Waals surface area contributed by atoms with Gasteiger partial charge in [0.25, 0.3) is 0 Å². The van der Waals surface area contributed by atoms with Crippen LogP contribution in [0.1, 0.15) is 25.7 Å². The number of hydrogen-bond donors (Lipinski definition) is 2. The molecule has 0 saturated carbocycles. The summed E-state index contributed by atoms with van der Waals surface area (Å²) in [7, 11) is 0. The largest absolute Gasteiger partial charge is 0.376 e. The van der Waals surface area contributed by atoms with Crippen LogP contribution in [0, 0.1) is 0 Å². The van der Waals surface area contributed by atoms with Gasteiger partial charge in [0.05, 0.1) is 24.6 Å². The number of rotatable bonds is 17. The van der Waals surface area contributed by atoms with E-state index >= 15 is 0 Å². The summed E-state index contributed by atoms with van der Waals surface area (Å²) in [6.07, 6.45) is 8.01. The van der Waals surface area contributed by atoms with Crippen LogP contribution in [0.3, 0.4) is 0 Å². The second-order valence-electron chi connectivity index (χ2n) is 9.26. The Labute approximate surface area is 237 Å². The molecular weight excluding hydrogens is 496 g/mol. The molecule has 0 spiro atoms. The maximum atomic E-state index is 5.68. The first kappa shape index (κ1) is 28.7. The fourth-order valence-corrected chi connectivity index (χ4v) is 3.96. The zero-order chi connectivity index (χ0) is 27.5. The first-order chi connectivity index (χ1) is 19.8. The normalized spacial score (nSPS) is 11.3. The molecule has 0 fully saturated rings. The highest BCUT2D eigenvalue weighted by molar-refractivity contribution is 5.67. The molecule has 0 atom stereocenters. The minimum atomic E-state index is 0.527. The molecule has 0 radical (unpaired) electrons. The molecule has 0 aliphatic rings. The Morgan fingerprint density at radius 1 is 0.450 bits per heavy atom. The third kappa shape index (κ3) is 11.2. The van der Waals surface area contributed by atoms with Crippen molar-refractivity contribution in [3.05, 3.63) is 109 Å². The number of nitrogens with zero attached hydrogens (tertiary/aromatic N) is 2. The molecule has 206 valence electrons. The lowest BCUT2D eigenvalue weighted by Crippen LogP contribution is -2.00. The van der Waals surface area contributed by atoms with Gasteiger partial charge in [-0.05, 0) is 85.6 Å². The lowest BCUT2D eigenvalue weighted by atomic mass is 10.2. The minimum Gasteiger partial charge on any atom is -0.376 e. The number of hydrogen-bond acceptors (Lipinski definition) is 6. The Morgan fingerprint density at radius 2 is 0.825 bits per heavy atom. The van der Waals surface area contributed by atoms with E-state index in [1.54, 1.807) is 0 Å². The summed E-state index contributed by atoms with van der Waals surface area (Å²) in [5.41, 5.74) is 6.05. The number of unbranched alkanes of at least 4 members (excludes halogenated alkanes) is 3. The molecule has 40 heavy (non-hydrogen) atoms. The fraction of sp³-hybridized carbons (Fsp3) is 0.235. The standard InChI is InChI=1S/C34H38N4O2/c1(9-25-39-27-23-35-29-15-19-33(20-16-29)37-31-11-5-3-6-12-31)2-10-26-40-28-24-36-30-17-21-34(22-18-30)38-32-13-7-4-8-14-32/h3-8,11-24,37-38H,1-2,9-10,25-28H2. The highest BCUT2D eigenvalue weighted by Gasteiger charge is 1.96. The number of para-hydroxylation sites is 2. The highest BCUT2D eigenvalue weighted by Crippen LogP contribution is 2.21. The van der Waals surface area contributed by atoms with Gasteiger partial charge in [-0.2, -0.15) is 0 Å². The smallest absolute Gasteiger partial charge is 0.0818 e. The van der Waals surface area contributed by atoms with Gasteiger partial charge >= 0.3 is 0 Å². The van der Waals surface area contributed by atoms with Gasteiger partial charge in [-0.1, -0.05) is 49.2 Å². The van der Waals surface area contributed by atoms with Crippen LogP contribution in [-0.4, -0.2) is 38.9 Å². The Bertz CT molecular complexity index is 1170. The van der Waals surface area contributed by atoms with Crippen LogP contribution in [0.4, 0.5) is 34.1 Å². The van der Waals surface area contributed by atoms with E-state index in [1.165, 1.54) is 0 Å². The average molecular weight is 535 g/mol. The van der Waals surface area contributed by atoms with E-state index in [1.807, 2.05) is 122 Å². The summed E-state index contributed by atoms with van der Waals surface area (Å²) in [5.74, 6) is 0.